The molecule has 0 unspecified atom stereocenters. The van der Waals surface area contributed by atoms with Crippen molar-refractivity contribution in [1.29, 1.82) is 0 Å². The van der Waals surface area contributed by atoms with Crippen molar-refractivity contribution >= 4 is 74.7 Å². The van der Waals surface area contributed by atoms with Gasteiger partial charge in [0.25, 0.3) is 11.8 Å². The summed E-state index contributed by atoms with van der Waals surface area (Å²) >= 11 is 8.28. The Hall–Kier alpha value is -2.94. The number of rotatable bonds is 2. The lowest BCUT2D eigenvalue weighted by Crippen LogP contribution is -2.52. The number of anilines is 3. The number of thiophene rings is 1. The number of thiocarbonyl (C=S) groups is 1. The van der Waals surface area contributed by atoms with E-state index >= 15 is 0 Å². The second kappa shape index (κ2) is 7.39. The van der Waals surface area contributed by atoms with Gasteiger partial charge >= 0.3 is 0 Å². The van der Waals surface area contributed by atoms with Crippen LogP contribution in [0, 0.1) is 0 Å². The minimum Gasteiger partial charge on any atom is -0.300 e. The summed E-state index contributed by atoms with van der Waals surface area (Å²) in [6, 6.07) is 20.5. The standard InChI is InChI=1S/C22H15N3O2S3/c1-24-21(27)14(20(26)23-22(24)28)12-13-10-11-19(29-13)25-15-6-2-4-8-17(15)30-18-9-5-3-7-16(18)25/h2-12H,1H3,(H,23,26,28)/b14-12+. The predicted octanol–water partition coefficient (Wildman–Crippen LogP) is 4.94. The van der Waals surface area contributed by atoms with Gasteiger partial charge in [-0.05, 0) is 54.7 Å². The third-order valence-electron chi connectivity index (χ3n) is 4.86. The van der Waals surface area contributed by atoms with Gasteiger partial charge in [0.2, 0.25) is 0 Å². The third-order valence-corrected chi connectivity index (χ3v) is 7.38. The monoisotopic (exact) mass is 449 g/mol. The van der Waals surface area contributed by atoms with Gasteiger partial charge in [-0.2, -0.15) is 0 Å². The number of carbonyl (C=O) groups excluding carboxylic acids is 2. The largest absolute Gasteiger partial charge is 0.300 e. The molecule has 5 rings (SSSR count). The molecule has 5 nitrogen and oxygen atoms in total. The molecule has 0 radical (unpaired) electrons. The smallest absolute Gasteiger partial charge is 0.265 e. The molecule has 0 aliphatic carbocycles. The fraction of sp³-hybridized carbons (Fsp3) is 0.0455. The fourth-order valence-electron chi connectivity index (χ4n) is 3.37. The molecule has 8 heteroatoms. The number of amides is 2. The predicted molar refractivity (Wildman–Crippen MR) is 125 cm³/mol. The van der Waals surface area contributed by atoms with Gasteiger partial charge in [0.05, 0.1) is 11.4 Å². The van der Waals surface area contributed by atoms with Crippen molar-refractivity contribution in [3.8, 4) is 0 Å². The summed E-state index contributed by atoms with van der Waals surface area (Å²) in [5, 5.41) is 3.67. The molecule has 3 heterocycles. The van der Waals surface area contributed by atoms with E-state index in [0.29, 0.717) is 0 Å². The van der Waals surface area contributed by atoms with Gasteiger partial charge in [-0.15, -0.1) is 11.3 Å². The first-order valence-corrected chi connectivity index (χ1v) is 11.2. The number of carbonyl (C=O) groups is 2. The van der Waals surface area contributed by atoms with Gasteiger partial charge in [0, 0.05) is 21.7 Å². The van der Waals surface area contributed by atoms with Crippen LogP contribution in [0.4, 0.5) is 16.4 Å². The minimum atomic E-state index is -0.469. The van der Waals surface area contributed by atoms with Gasteiger partial charge in [0.1, 0.15) is 10.6 Å². The van der Waals surface area contributed by atoms with Crippen LogP contribution in [0.2, 0.25) is 0 Å². The molecular formula is C22H15N3O2S3. The second-order valence-electron chi connectivity index (χ2n) is 6.73. The average molecular weight is 450 g/mol. The van der Waals surface area contributed by atoms with Gasteiger partial charge in [-0.1, -0.05) is 36.0 Å². The summed E-state index contributed by atoms with van der Waals surface area (Å²) in [7, 11) is 1.55. The van der Waals surface area contributed by atoms with E-state index < -0.39 is 11.8 Å². The number of hydrogen-bond acceptors (Lipinski definition) is 6. The zero-order valence-corrected chi connectivity index (χ0v) is 18.2. The summed E-state index contributed by atoms with van der Waals surface area (Å²) in [4.78, 5) is 31.4. The number of benzene rings is 2. The lowest BCUT2D eigenvalue weighted by molar-refractivity contribution is -0.128. The highest BCUT2D eigenvalue weighted by Crippen LogP contribution is 2.52. The molecule has 30 heavy (non-hydrogen) atoms. The van der Waals surface area contributed by atoms with Crippen molar-refractivity contribution < 1.29 is 9.59 Å². The Kier molecular flexibility index (Phi) is 4.69. The molecule has 2 aliphatic rings. The maximum Gasteiger partial charge on any atom is 0.265 e. The Morgan fingerprint density at radius 3 is 2.23 bits per heavy atom. The third kappa shape index (κ3) is 3.13. The summed E-state index contributed by atoms with van der Waals surface area (Å²) in [6.45, 7) is 0. The van der Waals surface area contributed by atoms with E-state index in [1.807, 2.05) is 36.4 Å². The molecule has 0 spiro atoms. The lowest BCUT2D eigenvalue weighted by Gasteiger charge is -2.31. The molecule has 1 saturated heterocycles. The maximum absolute atomic E-state index is 12.5. The van der Waals surface area contributed by atoms with Gasteiger partial charge < -0.3 is 0 Å². The number of nitrogens with one attached hydrogen (secondary N) is 1. The van der Waals surface area contributed by atoms with Crippen LogP contribution in [0.3, 0.4) is 0 Å². The van der Waals surface area contributed by atoms with Gasteiger partial charge in [-0.25, -0.2) is 0 Å². The average Bonchev–Trinajstić information content (AvgIpc) is 3.21. The zero-order chi connectivity index (χ0) is 20.8. The zero-order valence-electron chi connectivity index (χ0n) is 15.8. The molecule has 2 amide bonds. The van der Waals surface area contributed by atoms with Crippen LogP contribution in [-0.4, -0.2) is 28.9 Å². The second-order valence-corrected chi connectivity index (χ2v) is 9.29. The number of nitrogens with zero attached hydrogens (tertiary/aromatic N) is 2. The van der Waals surface area contributed by atoms with E-state index in [1.165, 1.54) is 26.0 Å². The van der Waals surface area contributed by atoms with Crippen molar-refractivity contribution in [1.82, 2.24) is 10.2 Å². The highest BCUT2D eigenvalue weighted by molar-refractivity contribution is 7.99. The summed E-state index contributed by atoms with van der Waals surface area (Å²) in [6.07, 6.45) is 1.63. The van der Waals surface area contributed by atoms with Crippen molar-refractivity contribution in [3.05, 3.63) is 71.1 Å². The van der Waals surface area contributed by atoms with Crippen LogP contribution in [0.15, 0.2) is 76.0 Å². The molecule has 2 aromatic carbocycles. The Morgan fingerprint density at radius 2 is 1.57 bits per heavy atom. The molecule has 3 aromatic rings. The lowest BCUT2D eigenvalue weighted by atomic mass is 10.1. The molecule has 2 aliphatic heterocycles. The Labute approximate surface area is 187 Å². The van der Waals surface area contributed by atoms with Crippen molar-refractivity contribution in [2.75, 3.05) is 11.9 Å². The number of para-hydroxylation sites is 2. The van der Waals surface area contributed by atoms with Crippen LogP contribution in [0.5, 0.6) is 0 Å². The number of likely N-dealkylation sites (N-methyl/N-ethyl adjacent to an activating group) is 1. The van der Waals surface area contributed by atoms with Crippen LogP contribution in [-0.2, 0) is 9.59 Å². The number of fused-ring (bicyclic) bond motifs is 2. The summed E-state index contributed by atoms with van der Waals surface area (Å²) < 4.78 is 0. The van der Waals surface area contributed by atoms with E-state index in [1.54, 1.807) is 24.9 Å². The maximum atomic E-state index is 12.5. The van der Waals surface area contributed by atoms with E-state index in [4.69, 9.17) is 12.2 Å². The molecule has 1 fully saturated rings. The van der Waals surface area contributed by atoms with E-state index in [-0.39, 0.29) is 10.7 Å². The van der Waals surface area contributed by atoms with Crippen molar-refractivity contribution in [2.45, 2.75) is 9.79 Å². The highest BCUT2D eigenvalue weighted by atomic mass is 32.2. The van der Waals surface area contributed by atoms with Crippen LogP contribution >= 0.6 is 35.3 Å². The Balaban J connectivity index is 1.56. The SMILES string of the molecule is CN1C(=O)/C(=C/c2ccc(N3c4ccccc4Sc4ccccc43)s2)C(=O)NC1=S. The van der Waals surface area contributed by atoms with E-state index in [0.717, 1.165) is 21.3 Å². The Bertz CT molecular complexity index is 1200. The van der Waals surface area contributed by atoms with Crippen LogP contribution < -0.4 is 10.2 Å². The fourth-order valence-corrected chi connectivity index (χ4v) is 5.58. The normalized spacial score (nSPS) is 17.1. The van der Waals surface area contributed by atoms with E-state index in [9.17, 15) is 9.59 Å². The topological polar surface area (TPSA) is 52.7 Å². The quantitative estimate of drug-likeness (QED) is 0.267. The van der Waals surface area contributed by atoms with Crippen molar-refractivity contribution in [3.63, 3.8) is 0 Å². The van der Waals surface area contributed by atoms with Gasteiger partial charge in [-0.3, -0.25) is 24.7 Å². The van der Waals surface area contributed by atoms with Crippen LogP contribution in [0.25, 0.3) is 6.08 Å². The molecule has 148 valence electrons. The first-order chi connectivity index (χ1) is 14.5. The molecule has 0 saturated carbocycles. The molecule has 0 bridgehead atoms. The van der Waals surface area contributed by atoms with E-state index in [2.05, 4.69) is 34.5 Å². The number of hydrogen-bond donors (Lipinski definition) is 1. The molecule has 1 aromatic heterocycles. The summed E-state index contributed by atoms with van der Waals surface area (Å²) in [5.41, 5.74) is 2.30. The molecule has 1 N–H and O–H groups in total. The molecule has 0 atom stereocenters. The van der Waals surface area contributed by atoms with Crippen molar-refractivity contribution in [2.24, 2.45) is 0 Å². The van der Waals surface area contributed by atoms with Gasteiger partial charge in [0.15, 0.2) is 5.11 Å². The van der Waals surface area contributed by atoms with Crippen LogP contribution in [0.1, 0.15) is 4.88 Å². The first-order valence-electron chi connectivity index (χ1n) is 9.14. The Morgan fingerprint density at radius 1 is 0.933 bits per heavy atom. The highest BCUT2D eigenvalue weighted by Gasteiger charge is 2.31. The first kappa shape index (κ1) is 19.0. The minimum absolute atomic E-state index is 0.0782. The summed E-state index contributed by atoms with van der Waals surface area (Å²) in [5.74, 6) is -0.869. The molecular weight excluding hydrogens is 434 g/mol.